The third-order valence-corrected chi connectivity index (χ3v) is 1.40. The summed E-state index contributed by atoms with van der Waals surface area (Å²) in [6, 6.07) is 9.25. The van der Waals surface area contributed by atoms with Crippen LogP contribution in [0.2, 0.25) is 0 Å². The molecule has 0 atom stereocenters. The van der Waals surface area contributed by atoms with Crippen molar-refractivity contribution in [3.63, 3.8) is 0 Å². The molecule has 1 aromatic carbocycles. The molecule has 1 aromatic rings. The van der Waals surface area contributed by atoms with Crippen LogP contribution in [0.1, 0.15) is 0 Å². The lowest BCUT2D eigenvalue weighted by Gasteiger charge is -1.99. The van der Waals surface area contributed by atoms with Gasteiger partial charge in [0.15, 0.2) is 0 Å². The summed E-state index contributed by atoms with van der Waals surface area (Å²) in [6.07, 6.45) is 1.17. The molecule has 0 radical (unpaired) electrons. The Balaban J connectivity index is 2.20. The Labute approximate surface area is 75.3 Å². The van der Waals surface area contributed by atoms with Crippen LogP contribution in [0.4, 0.5) is 0 Å². The van der Waals surface area contributed by atoms with E-state index in [0.29, 0.717) is 5.75 Å². The molecule has 0 saturated carbocycles. The van der Waals surface area contributed by atoms with Crippen molar-refractivity contribution in [1.82, 2.24) is 0 Å². The summed E-state index contributed by atoms with van der Waals surface area (Å²) in [4.78, 5) is 4.36. The van der Waals surface area contributed by atoms with Crippen molar-refractivity contribution < 1.29 is 13.4 Å². The van der Waals surface area contributed by atoms with Crippen LogP contribution >= 0.6 is 12.3 Å². The SMILES string of the molecule is C=COOSOc1ccccc1. The molecule has 3 nitrogen and oxygen atoms in total. The van der Waals surface area contributed by atoms with Crippen molar-refractivity contribution in [1.29, 1.82) is 0 Å². The quantitative estimate of drug-likeness (QED) is 0.231. The molecule has 0 unspecified atom stereocenters. The molecule has 0 saturated heterocycles. The Hall–Kier alpha value is -1.13. The number of hydrogen-bond donors (Lipinski definition) is 0. The van der Waals surface area contributed by atoms with Gasteiger partial charge in [0.2, 0.25) is 0 Å². The van der Waals surface area contributed by atoms with E-state index in [-0.39, 0.29) is 0 Å². The first-order valence-electron chi connectivity index (χ1n) is 3.26. The zero-order valence-corrected chi connectivity index (χ0v) is 7.12. The van der Waals surface area contributed by atoms with Gasteiger partial charge >= 0.3 is 0 Å². The zero-order valence-electron chi connectivity index (χ0n) is 6.30. The third-order valence-electron chi connectivity index (χ3n) is 1.01. The van der Waals surface area contributed by atoms with Crippen LogP contribution in [0.25, 0.3) is 0 Å². The summed E-state index contributed by atoms with van der Waals surface area (Å²) in [5.74, 6) is 0.704. The first kappa shape index (κ1) is 8.96. The lowest BCUT2D eigenvalue weighted by atomic mass is 10.3. The average Bonchev–Trinajstić information content (AvgIpc) is 2.14. The van der Waals surface area contributed by atoms with E-state index in [1.807, 2.05) is 30.3 Å². The van der Waals surface area contributed by atoms with E-state index >= 15 is 0 Å². The largest absolute Gasteiger partial charge is 0.398 e. The van der Waals surface area contributed by atoms with Crippen molar-refractivity contribution in [2.45, 2.75) is 0 Å². The second-order valence-corrected chi connectivity index (χ2v) is 2.23. The van der Waals surface area contributed by atoms with Crippen LogP contribution in [-0.4, -0.2) is 0 Å². The van der Waals surface area contributed by atoms with Crippen LogP contribution in [0.3, 0.4) is 0 Å². The lowest BCUT2D eigenvalue weighted by molar-refractivity contribution is -0.133. The number of benzene rings is 1. The monoisotopic (exact) mass is 184 g/mol. The maximum atomic E-state index is 5.03. The van der Waals surface area contributed by atoms with Crippen molar-refractivity contribution in [2.24, 2.45) is 0 Å². The van der Waals surface area contributed by atoms with Crippen LogP contribution in [0.5, 0.6) is 5.75 Å². The molecule has 12 heavy (non-hydrogen) atoms. The summed E-state index contributed by atoms with van der Waals surface area (Å²) >= 11 is 0.737. The van der Waals surface area contributed by atoms with E-state index < -0.39 is 0 Å². The number of hydrogen-bond acceptors (Lipinski definition) is 4. The molecule has 0 aliphatic heterocycles. The van der Waals surface area contributed by atoms with Crippen molar-refractivity contribution in [3.05, 3.63) is 43.2 Å². The van der Waals surface area contributed by atoms with Gasteiger partial charge in [-0.1, -0.05) is 29.1 Å². The number of rotatable bonds is 5. The molecule has 4 heteroatoms. The Morgan fingerprint density at radius 1 is 1.25 bits per heavy atom. The van der Waals surface area contributed by atoms with E-state index in [9.17, 15) is 0 Å². The van der Waals surface area contributed by atoms with Gasteiger partial charge in [0.1, 0.15) is 12.0 Å². The molecule has 1 rings (SSSR count). The highest BCUT2D eigenvalue weighted by molar-refractivity contribution is 7.90. The molecular weight excluding hydrogens is 176 g/mol. The Morgan fingerprint density at radius 2 is 2.00 bits per heavy atom. The molecule has 0 aliphatic rings. The van der Waals surface area contributed by atoms with Gasteiger partial charge in [-0.2, -0.15) is 0 Å². The van der Waals surface area contributed by atoms with Crippen LogP contribution in [0.15, 0.2) is 43.2 Å². The van der Waals surface area contributed by atoms with Gasteiger partial charge in [0, 0.05) is 0 Å². The minimum atomic E-state index is 0.704. The fourth-order valence-electron chi connectivity index (χ4n) is 0.573. The Morgan fingerprint density at radius 3 is 2.67 bits per heavy atom. The average molecular weight is 184 g/mol. The molecule has 0 heterocycles. The van der Waals surface area contributed by atoms with Crippen molar-refractivity contribution in [2.75, 3.05) is 0 Å². The molecule has 0 aromatic heterocycles. The topological polar surface area (TPSA) is 27.7 Å². The second kappa shape index (κ2) is 5.51. The highest BCUT2D eigenvalue weighted by atomic mass is 32.2. The van der Waals surface area contributed by atoms with Crippen LogP contribution < -0.4 is 4.18 Å². The molecule has 0 spiro atoms. The molecule has 0 fully saturated rings. The van der Waals surface area contributed by atoms with E-state index in [4.69, 9.17) is 4.18 Å². The van der Waals surface area contributed by atoms with Gasteiger partial charge in [0.25, 0.3) is 12.3 Å². The highest BCUT2D eigenvalue weighted by Crippen LogP contribution is 2.15. The predicted molar refractivity (Wildman–Crippen MR) is 47.0 cm³/mol. The third kappa shape index (κ3) is 3.32. The standard InChI is InChI=1S/C8H8O3S/c1-2-9-11-12-10-8-6-4-3-5-7-8/h2-7H,1H2. The summed E-state index contributed by atoms with van der Waals surface area (Å²) in [7, 11) is 0. The summed E-state index contributed by atoms with van der Waals surface area (Å²) in [5.41, 5.74) is 0. The second-order valence-electron chi connectivity index (χ2n) is 1.80. The molecule has 0 amide bonds. The summed E-state index contributed by atoms with van der Waals surface area (Å²) < 4.78 is 9.49. The fourth-order valence-corrected chi connectivity index (χ4v) is 0.878. The minimum Gasteiger partial charge on any atom is -0.398 e. The Kier molecular flexibility index (Phi) is 4.12. The molecule has 0 aliphatic carbocycles. The molecule has 0 bridgehead atoms. The smallest absolute Gasteiger partial charge is 0.271 e. The van der Waals surface area contributed by atoms with Crippen LogP contribution in [-0.2, 0) is 9.22 Å². The molecular formula is C8H8O3S. The maximum absolute atomic E-state index is 5.03. The molecule has 0 N–H and O–H groups in total. The van der Waals surface area contributed by atoms with Gasteiger partial charge < -0.3 is 9.07 Å². The minimum absolute atomic E-state index is 0.704. The Bertz CT molecular complexity index is 225. The van der Waals surface area contributed by atoms with E-state index in [0.717, 1.165) is 12.3 Å². The first-order chi connectivity index (χ1) is 5.93. The van der Waals surface area contributed by atoms with Crippen molar-refractivity contribution >= 4 is 12.3 Å². The molecule has 64 valence electrons. The lowest BCUT2D eigenvalue weighted by Crippen LogP contribution is -1.83. The predicted octanol–water partition coefficient (Wildman–Crippen LogP) is 2.72. The zero-order chi connectivity index (χ0) is 8.65. The number of para-hydroxylation sites is 1. The van der Waals surface area contributed by atoms with E-state index in [1.165, 1.54) is 6.26 Å². The van der Waals surface area contributed by atoms with Gasteiger partial charge in [0.05, 0.1) is 0 Å². The maximum Gasteiger partial charge on any atom is 0.271 e. The van der Waals surface area contributed by atoms with Crippen molar-refractivity contribution in [3.8, 4) is 5.75 Å². The summed E-state index contributed by atoms with van der Waals surface area (Å²) in [6.45, 7) is 3.29. The highest BCUT2D eigenvalue weighted by Gasteiger charge is 1.92. The van der Waals surface area contributed by atoms with E-state index in [2.05, 4.69) is 15.8 Å². The normalized spacial score (nSPS) is 9.00. The summed E-state index contributed by atoms with van der Waals surface area (Å²) in [5, 5.41) is 0. The fraction of sp³-hybridized carbons (Fsp3) is 0. The van der Waals surface area contributed by atoms with Gasteiger partial charge in [-0.05, 0) is 12.1 Å². The van der Waals surface area contributed by atoms with E-state index in [1.54, 1.807) is 0 Å². The van der Waals surface area contributed by atoms with Crippen LogP contribution in [0, 0.1) is 0 Å². The first-order valence-corrected chi connectivity index (χ1v) is 3.93. The van der Waals surface area contributed by atoms with Gasteiger partial charge in [-0.3, -0.25) is 0 Å². The van der Waals surface area contributed by atoms with Gasteiger partial charge in [-0.25, -0.2) is 0 Å². The van der Waals surface area contributed by atoms with Gasteiger partial charge in [-0.15, -0.1) is 0 Å².